The molecule has 6 heteroatoms. The number of carbonyl (C=O) groups is 1. The first-order chi connectivity index (χ1) is 6.61. The smallest absolute Gasteiger partial charge is 0.372 e. The van der Waals surface area contributed by atoms with Gasteiger partial charge in [0.15, 0.2) is 5.15 Å². The average molecular weight is 231 g/mol. The monoisotopic (exact) mass is 230 g/mol. The zero-order valence-electron chi connectivity index (χ0n) is 6.74. The molecule has 0 aliphatic heterocycles. The molecule has 0 amide bonds. The third-order valence-corrected chi connectivity index (χ3v) is 2.33. The van der Waals surface area contributed by atoms with Crippen LogP contribution in [0, 0.1) is 0 Å². The summed E-state index contributed by atoms with van der Waals surface area (Å²) < 4.78 is 1.34. The Labute approximate surface area is 88.7 Å². The lowest BCUT2D eigenvalue weighted by Gasteiger charge is -1.97. The fraction of sp³-hybridized carbons (Fsp3) is 0. The molecular weight excluding hydrogens is 227 g/mol. The van der Waals surface area contributed by atoms with Crippen LogP contribution in [0.15, 0.2) is 18.3 Å². The molecule has 0 aromatic carbocycles. The maximum absolute atomic E-state index is 10.8. The van der Waals surface area contributed by atoms with E-state index in [1.165, 1.54) is 4.40 Å². The van der Waals surface area contributed by atoms with Crippen molar-refractivity contribution in [1.29, 1.82) is 0 Å². The minimum absolute atomic E-state index is 0.0907. The van der Waals surface area contributed by atoms with Crippen LogP contribution in [0.5, 0.6) is 0 Å². The number of halogens is 2. The highest BCUT2D eigenvalue weighted by atomic mass is 35.5. The summed E-state index contributed by atoms with van der Waals surface area (Å²) in [7, 11) is 0. The Morgan fingerprint density at radius 1 is 1.50 bits per heavy atom. The van der Waals surface area contributed by atoms with Crippen LogP contribution in [-0.2, 0) is 0 Å². The summed E-state index contributed by atoms with van der Waals surface area (Å²) >= 11 is 11.6. The van der Waals surface area contributed by atoms with E-state index in [0.717, 1.165) is 0 Å². The molecule has 72 valence electrons. The number of aromatic nitrogens is 2. The number of carboxylic acid groups (broad SMARTS) is 1. The first-order valence-corrected chi connectivity index (χ1v) is 4.42. The van der Waals surface area contributed by atoms with E-state index in [4.69, 9.17) is 28.3 Å². The van der Waals surface area contributed by atoms with Gasteiger partial charge in [-0.3, -0.25) is 4.40 Å². The van der Waals surface area contributed by atoms with E-state index in [0.29, 0.717) is 10.5 Å². The molecule has 0 saturated carbocycles. The second kappa shape index (κ2) is 3.15. The van der Waals surface area contributed by atoms with Crippen LogP contribution in [0.4, 0.5) is 0 Å². The third kappa shape index (κ3) is 1.23. The Bertz CT molecular complexity index is 521. The Morgan fingerprint density at radius 3 is 2.86 bits per heavy atom. The summed E-state index contributed by atoms with van der Waals surface area (Å²) in [6, 6.07) is 3.25. The molecule has 0 saturated heterocycles. The number of hydrogen-bond donors (Lipinski definition) is 1. The Hall–Kier alpha value is -1.26. The minimum Gasteiger partial charge on any atom is -0.475 e. The Balaban J connectivity index is 2.91. The number of pyridine rings is 1. The van der Waals surface area contributed by atoms with Crippen molar-refractivity contribution < 1.29 is 9.90 Å². The SMILES string of the molecule is O=C(O)c1nc(Cl)c2c(Cl)cccn12. The van der Waals surface area contributed by atoms with E-state index in [-0.39, 0.29) is 11.0 Å². The molecule has 1 N–H and O–H groups in total. The third-order valence-electron chi connectivity index (χ3n) is 1.76. The highest BCUT2D eigenvalue weighted by Gasteiger charge is 2.16. The van der Waals surface area contributed by atoms with Crippen LogP contribution in [0.1, 0.15) is 10.6 Å². The molecular formula is C8H4Cl2N2O2. The van der Waals surface area contributed by atoms with Gasteiger partial charge in [0.2, 0.25) is 5.82 Å². The van der Waals surface area contributed by atoms with Crippen LogP contribution < -0.4 is 0 Å². The second-order valence-corrected chi connectivity index (χ2v) is 3.37. The summed E-state index contributed by atoms with van der Waals surface area (Å²) in [5.41, 5.74) is 0.410. The van der Waals surface area contributed by atoms with Crippen molar-refractivity contribution in [2.45, 2.75) is 0 Å². The number of aromatic carboxylic acids is 1. The lowest BCUT2D eigenvalue weighted by atomic mass is 10.4. The van der Waals surface area contributed by atoms with E-state index < -0.39 is 5.97 Å². The van der Waals surface area contributed by atoms with Gasteiger partial charge in [-0.25, -0.2) is 9.78 Å². The highest BCUT2D eigenvalue weighted by molar-refractivity contribution is 6.39. The summed E-state index contributed by atoms with van der Waals surface area (Å²) in [4.78, 5) is 14.4. The van der Waals surface area contributed by atoms with Gasteiger partial charge < -0.3 is 5.11 Å². The highest BCUT2D eigenvalue weighted by Crippen LogP contribution is 2.25. The average Bonchev–Trinajstić information content (AvgIpc) is 2.45. The van der Waals surface area contributed by atoms with Crippen molar-refractivity contribution in [3.8, 4) is 0 Å². The zero-order chi connectivity index (χ0) is 10.3. The van der Waals surface area contributed by atoms with E-state index in [9.17, 15) is 4.79 Å². The standard InChI is InChI=1S/C8H4Cl2N2O2/c9-4-2-1-3-12-5(4)6(10)11-7(12)8(13)14/h1-3H,(H,13,14). The van der Waals surface area contributed by atoms with Crippen LogP contribution in [0.25, 0.3) is 5.52 Å². The molecule has 0 radical (unpaired) electrons. The van der Waals surface area contributed by atoms with Crippen molar-refractivity contribution in [3.63, 3.8) is 0 Å². The molecule has 2 rings (SSSR count). The van der Waals surface area contributed by atoms with Gasteiger partial charge in [0.25, 0.3) is 0 Å². The fourth-order valence-electron chi connectivity index (χ4n) is 1.21. The number of fused-ring (bicyclic) bond motifs is 1. The van der Waals surface area contributed by atoms with Gasteiger partial charge in [-0.2, -0.15) is 0 Å². The van der Waals surface area contributed by atoms with Crippen LogP contribution >= 0.6 is 23.2 Å². The van der Waals surface area contributed by atoms with Crippen LogP contribution in [0.2, 0.25) is 10.2 Å². The van der Waals surface area contributed by atoms with Crippen molar-refractivity contribution >= 4 is 34.7 Å². The summed E-state index contributed by atoms with van der Waals surface area (Å²) in [6.45, 7) is 0. The summed E-state index contributed by atoms with van der Waals surface area (Å²) in [5, 5.41) is 9.27. The molecule has 0 unspecified atom stereocenters. The van der Waals surface area contributed by atoms with Crippen molar-refractivity contribution in [1.82, 2.24) is 9.38 Å². The zero-order valence-corrected chi connectivity index (χ0v) is 8.25. The summed E-state index contributed by atoms with van der Waals surface area (Å²) in [5.74, 6) is -1.29. The summed E-state index contributed by atoms with van der Waals surface area (Å²) in [6.07, 6.45) is 1.55. The van der Waals surface area contributed by atoms with Gasteiger partial charge in [0.1, 0.15) is 5.52 Å². The Kier molecular flexibility index (Phi) is 2.09. The largest absolute Gasteiger partial charge is 0.475 e. The lowest BCUT2D eigenvalue weighted by molar-refractivity contribution is 0.0683. The van der Waals surface area contributed by atoms with E-state index in [1.54, 1.807) is 18.3 Å². The van der Waals surface area contributed by atoms with E-state index in [2.05, 4.69) is 4.98 Å². The van der Waals surface area contributed by atoms with Gasteiger partial charge in [-0.15, -0.1) is 0 Å². The van der Waals surface area contributed by atoms with Gasteiger partial charge in [0, 0.05) is 6.20 Å². The molecule has 2 aromatic rings. The molecule has 2 aromatic heterocycles. The number of nitrogens with zero attached hydrogens (tertiary/aromatic N) is 2. The van der Waals surface area contributed by atoms with Crippen molar-refractivity contribution in [2.75, 3.05) is 0 Å². The number of carboxylic acids is 1. The quantitative estimate of drug-likeness (QED) is 0.819. The Morgan fingerprint density at radius 2 is 2.21 bits per heavy atom. The molecule has 0 atom stereocenters. The predicted molar refractivity (Wildman–Crippen MR) is 52.2 cm³/mol. The number of rotatable bonds is 1. The van der Waals surface area contributed by atoms with Gasteiger partial charge in [0.05, 0.1) is 5.02 Å². The topological polar surface area (TPSA) is 54.6 Å². The normalized spacial score (nSPS) is 10.7. The van der Waals surface area contributed by atoms with E-state index in [1.807, 2.05) is 0 Å². The molecule has 0 aliphatic carbocycles. The molecule has 0 fully saturated rings. The molecule has 0 spiro atoms. The van der Waals surface area contributed by atoms with Crippen molar-refractivity contribution in [3.05, 3.63) is 34.3 Å². The van der Waals surface area contributed by atoms with Gasteiger partial charge in [-0.05, 0) is 12.1 Å². The minimum atomic E-state index is -1.14. The molecule has 2 heterocycles. The molecule has 4 nitrogen and oxygen atoms in total. The first-order valence-electron chi connectivity index (χ1n) is 3.66. The molecule has 0 bridgehead atoms. The fourth-order valence-corrected chi connectivity index (χ4v) is 1.78. The maximum atomic E-state index is 10.8. The number of imidazole rings is 1. The van der Waals surface area contributed by atoms with Gasteiger partial charge >= 0.3 is 5.97 Å². The van der Waals surface area contributed by atoms with Gasteiger partial charge in [-0.1, -0.05) is 23.2 Å². The molecule has 0 aliphatic rings. The van der Waals surface area contributed by atoms with Crippen LogP contribution in [-0.4, -0.2) is 20.5 Å². The van der Waals surface area contributed by atoms with Crippen LogP contribution in [0.3, 0.4) is 0 Å². The maximum Gasteiger partial charge on any atom is 0.372 e. The van der Waals surface area contributed by atoms with E-state index >= 15 is 0 Å². The molecule has 14 heavy (non-hydrogen) atoms. The van der Waals surface area contributed by atoms with Crippen molar-refractivity contribution in [2.24, 2.45) is 0 Å². The number of hydrogen-bond acceptors (Lipinski definition) is 2. The second-order valence-electron chi connectivity index (χ2n) is 2.61. The first kappa shape index (κ1) is 9.30. The lowest BCUT2D eigenvalue weighted by Crippen LogP contribution is -2.02. The predicted octanol–water partition coefficient (Wildman–Crippen LogP) is 2.34.